The highest BCUT2D eigenvalue weighted by Gasteiger charge is 2.23. The fourth-order valence-electron chi connectivity index (χ4n) is 2.43. The highest BCUT2D eigenvalue weighted by atomic mass is 16.2. The van der Waals surface area contributed by atoms with Gasteiger partial charge in [0.15, 0.2) is 0 Å². The smallest absolute Gasteiger partial charge is 0.248 e. The van der Waals surface area contributed by atoms with Crippen molar-refractivity contribution < 1.29 is 4.79 Å². The first-order valence-corrected chi connectivity index (χ1v) is 6.67. The average Bonchev–Trinajstić information content (AvgIpc) is 2.64. The van der Waals surface area contributed by atoms with Crippen molar-refractivity contribution in [1.82, 2.24) is 4.98 Å². The molecule has 0 unspecified atom stereocenters. The Morgan fingerprint density at radius 1 is 1.15 bits per heavy atom. The lowest BCUT2D eigenvalue weighted by Crippen LogP contribution is -2.32. The number of aliphatic imine (C=N–C) groups is 1. The molecule has 4 nitrogen and oxygen atoms in total. The quantitative estimate of drug-likeness (QED) is 0.836. The van der Waals surface area contributed by atoms with Crippen molar-refractivity contribution in [2.75, 3.05) is 18.0 Å². The number of nitrogens with zero attached hydrogens (tertiary/aromatic N) is 3. The summed E-state index contributed by atoms with van der Waals surface area (Å²) in [4.78, 5) is 22.8. The predicted octanol–water partition coefficient (Wildman–Crippen LogP) is 2.29. The fourth-order valence-corrected chi connectivity index (χ4v) is 2.43. The largest absolute Gasteiger partial charge is 0.310 e. The van der Waals surface area contributed by atoms with Gasteiger partial charge in [0.1, 0.15) is 6.54 Å². The third-order valence-electron chi connectivity index (χ3n) is 3.35. The number of hydrogen-bond donors (Lipinski definition) is 0. The Morgan fingerprint density at radius 2 is 1.95 bits per heavy atom. The predicted molar refractivity (Wildman–Crippen MR) is 79.2 cm³/mol. The number of rotatable bonds is 2. The molecule has 4 heteroatoms. The maximum Gasteiger partial charge on any atom is 0.248 e. The van der Waals surface area contributed by atoms with Crippen molar-refractivity contribution in [3.05, 3.63) is 59.9 Å². The second kappa shape index (κ2) is 5.25. The zero-order valence-electron chi connectivity index (χ0n) is 11.3. The topological polar surface area (TPSA) is 45.6 Å². The van der Waals surface area contributed by atoms with Gasteiger partial charge in [-0.2, -0.15) is 0 Å². The monoisotopic (exact) mass is 265 g/mol. The van der Waals surface area contributed by atoms with Crippen molar-refractivity contribution >= 4 is 17.3 Å². The van der Waals surface area contributed by atoms with Crippen molar-refractivity contribution in [2.45, 2.75) is 6.92 Å². The number of carbonyl (C=O) groups excluding carboxylic acids is 1. The molecule has 1 aromatic heterocycles. The number of benzodiazepines with no additional fused rings is 1. The Bertz CT molecular complexity index is 664. The molecule has 0 N–H and O–H groups in total. The van der Waals surface area contributed by atoms with Gasteiger partial charge in [0.05, 0.1) is 17.1 Å². The van der Waals surface area contributed by atoms with Crippen LogP contribution in [-0.4, -0.2) is 29.7 Å². The van der Waals surface area contributed by atoms with Crippen molar-refractivity contribution in [3.63, 3.8) is 0 Å². The van der Waals surface area contributed by atoms with Crippen LogP contribution in [-0.2, 0) is 4.79 Å². The van der Waals surface area contributed by atoms with Gasteiger partial charge in [-0.3, -0.25) is 14.8 Å². The van der Waals surface area contributed by atoms with Crippen LogP contribution in [0.25, 0.3) is 0 Å². The number of likely N-dealkylation sites (N-methyl/N-ethyl adjacent to an activating group) is 1. The van der Waals surface area contributed by atoms with E-state index in [1.54, 1.807) is 11.1 Å². The molecule has 1 aliphatic rings. The molecule has 3 rings (SSSR count). The van der Waals surface area contributed by atoms with E-state index in [0.29, 0.717) is 6.54 Å². The number of amides is 1. The molecule has 100 valence electrons. The number of pyridine rings is 1. The molecule has 20 heavy (non-hydrogen) atoms. The van der Waals surface area contributed by atoms with Crippen LogP contribution in [0.5, 0.6) is 0 Å². The standard InChI is InChI=1S/C16H15N3O/c1-2-19-14-9-4-3-7-12(14)16(18-11-15(19)20)13-8-5-6-10-17-13/h3-10H,2,11H2,1H3. The summed E-state index contributed by atoms with van der Waals surface area (Å²) < 4.78 is 0. The summed E-state index contributed by atoms with van der Waals surface area (Å²) >= 11 is 0. The SMILES string of the molecule is CCN1C(=O)CN=C(c2ccccn2)c2ccccc21. The van der Waals surface area contributed by atoms with Gasteiger partial charge in [0.25, 0.3) is 0 Å². The van der Waals surface area contributed by atoms with E-state index in [4.69, 9.17) is 0 Å². The molecule has 0 radical (unpaired) electrons. The third kappa shape index (κ3) is 2.09. The Hall–Kier alpha value is -2.49. The van der Waals surface area contributed by atoms with E-state index in [9.17, 15) is 4.79 Å². The van der Waals surface area contributed by atoms with Crippen LogP contribution in [0, 0.1) is 0 Å². The van der Waals surface area contributed by atoms with Gasteiger partial charge in [-0.05, 0) is 25.1 Å². The van der Waals surface area contributed by atoms with Crippen LogP contribution < -0.4 is 4.90 Å². The number of carbonyl (C=O) groups is 1. The van der Waals surface area contributed by atoms with Crippen LogP contribution in [0.15, 0.2) is 53.7 Å². The second-order valence-electron chi connectivity index (χ2n) is 4.53. The first-order valence-electron chi connectivity index (χ1n) is 6.67. The van der Waals surface area contributed by atoms with Crippen LogP contribution in [0.1, 0.15) is 18.2 Å². The van der Waals surface area contributed by atoms with Gasteiger partial charge in [0, 0.05) is 18.3 Å². The molecule has 0 atom stereocenters. The zero-order valence-corrected chi connectivity index (χ0v) is 11.3. The van der Waals surface area contributed by atoms with E-state index < -0.39 is 0 Å². The highest BCUT2D eigenvalue weighted by molar-refractivity contribution is 6.18. The second-order valence-corrected chi connectivity index (χ2v) is 4.53. The normalized spacial score (nSPS) is 14.6. The molecule has 0 saturated carbocycles. The molecular weight excluding hydrogens is 250 g/mol. The van der Waals surface area contributed by atoms with Crippen molar-refractivity contribution in [2.24, 2.45) is 4.99 Å². The number of anilines is 1. The Labute approximate surface area is 117 Å². The van der Waals surface area contributed by atoms with Gasteiger partial charge >= 0.3 is 0 Å². The maximum absolute atomic E-state index is 12.2. The lowest BCUT2D eigenvalue weighted by atomic mass is 10.0. The van der Waals surface area contributed by atoms with E-state index in [2.05, 4.69) is 9.98 Å². The third-order valence-corrected chi connectivity index (χ3v) is 3.35. The molecule has 2 heterocycles. The minimum atomic E-state index is 0.0193. The summed E-state index contributed by atoms with van der Waals surface area (Å²) in [5, 5.41) is 0. The first kappa shape index (κ1) is 12.5. The molecule has 1 aromatic carbocycles. The first-order chi connectivity index (χ1) is 9.81. The van der Waals surface area contributed by atoms with E-state index in [0.717, 1.165) is 22.7 Å². The van der Waals surface area contributed by atoms with Gasteiger partial charge in [-0.25, -0.2) is 0 Å². The zero-order chi connectivity index (χ0) is 13.9. The van der Waals surface area contributed by atoms with Gasteiger partial charge < -0.3 is 4.90 Å². The number of hydrogen-bond acceptors (Lipinski definition) is 3. The average molecular weight is 265 g/mol. The van der Waals surface area contributed by atoms with Gasteiger partial charge in [-0.1, -0.05) is 24.3 Å². The molecule has 0 spiro atoms. The molecule has 1 aliphatic heterocycles. The lowest BCUT2D eigenvalue weighted by Gasteiger charge is -2.20. The number of para-hydroxylation sites is 1. The molecule has 0 fully saturated rings. The summed E-state index contributed by atoms with van der Waals surface area (Å²) in [7, 11) is 0. The summed E-state index contributed by atoms with van der Waals surface area (Å²) in [5.41, 5.74) is 3.44. The molecule has 0 saturated heterocycles. The summed E-state index contributed by atoms with van der Waals surface area (Å²) in [5.74, 6) is 0.0193. The van der Waals surface area contributed by atoms with E-state index >= 15 is 0 Å². The van der Waals surface area contributed by atoms with Gasteiger partial charge in [-0.15, -0.1) is 0 Å². The number of fused-ring (bicyclic) bond motifs is 1. The van der Waals surface area contributed by atoms with E-state index in [1.165, 1.54) is 0 Å². The number of benzene rings is 1. The Kier molecular flexibility index (Phi) is 3.29. The van der Waals surface area contributed by atoms with Gasteiger partial charge in [0.2, 0.25) is 5.91 Å². The van der Waals surface area contributed by atoms with Crippen molar-refractivity contribution in [1.29, 1.82) is 0 Å². The number of aromatic nitrogens is 1. The lowest BCUT2D eigenvalue weighted by molar-refractivity contribution is -0.117. The fraction of sp³-hybridized carbons (Fsp3) is 0.188. The van der Waals surface area contributed by atoms with E-state index in [1.807, 2.05) is 49.4 Å². The highest BCUT2D eigenvalue weighted by Crippen LogP contribution is 2.25. The minimum absolute atomic E-state index is 0.0193. The van der Waals surface area contributed by atoms with Crippen LogP contribution >= 0.6 is 0 Å². The molecule has 1 amide bonds. The molecular formula is C16H15N3O. The molecule has 0 aliphatic carbocycles. The summed E-state index contributed by atoms with van der Waals surface area (Å²) in [6, 6.07) is 13.6. The Morgan fingerprint density at radius 3 is 2.70 bits per heavy atom. The molecule has 2 aromatic rings. The van der Waals surface area contributed by atoms with Crippen LogP contribution in [0.3, 0.4) is 0 Å². The summed E-state index contributed by atoms with van der Waals surface area (Å²) in [6.07, 6.45) is 1.74. The molecule has 0 bridgehead atoms. The van der Waals surface area contributed by atoms with Crippen LogP contribution in [0.2, 0.25) is 0 Å². The summed E-state index contributed by atoms with van der Waals surface area (Å²) in [6.45, 7) is 2.77. The maximum atomic E-state index is 12.2. The Balaban J connectivity index is 2.19. The van der Waals surface area contributed by atoms with E-state index in [-0.39, 0.29) is 12.5 Å². The minimum Gasteiger partial charge on any atom is -0.310 e. The van der Waals surface area contributed by atoms with Crippen LogP contribution in [0.4, 0.5) is 5.69 Å². The van der Waals surface area contributed by atoms with Crippen molar-refractivity contribution in [3.8, 4) is 0 Å².